The average Bonchev–Trinajstić information content (AvgIpc) is 2.82. The SMILES string of the molecule is CCN(CC)CCNc1cccc2sc3ccc(OS(=O)(=O)c4ccc(C)cc4)cc3c(=O)c12. The molecule has 8 heteroatoms. The lowest BCUT2D eigenvalue weighted by Gasteiger charge is -2.19. The monoisotopic (exact) mass is 496 g/mol. The lowest BCUT2D eigenvalue weighted by atomic mass is 10.1. The van der Waals surface area contributed by atoms with Crippen molar-refractivity contribution >= 4 is 47.3 Å². The van der Waals surface area contributed by atoms with Gasteiger partial charge >= 0.3 is 10.1 Å². The van der Waals surface area contributed by atoms with Gasteiger partial charge in [-0.2, -0.15) is 8.42 Å². The molecule has 0 aliphatic rings. The number of rotatable bonds is 9. The highest BCUT2D eigenvalue weighted by Crippen LogP contribution is 2.31. The summed E-state index contributed by atoms with van der Waals surface area (Å²) < 4.78 is 32.4. The number of hydrogen-bond donors (Lipinski definition) is 1. The van der Waals surface area contributed by atoms with Crippen molar-refractivity contribution in [2.75, 3.05) is 31.5 Å². The smallest absolute Gasteiger partial charge is 0.339 e. The number of hydrogen-bond acceptors (Lipinski definition) is 7. The van der Waals surface area contributed by atoms with E-state index in [1.165, 1.54) is 29.5 Å². The molecule has 0 unspecified atom stereocenters. The molecule has 0 fully saturated rings. The normalized spacial score (nSPS) is 11.9. The first-order valence-electron chi connectivity index (χ1n) is 11.3. The lowest BCUT2D eigenvalue weighted by molar-refractivity contribution is 0.316. The Kier molecular flexibility index (Phi) is 7.21. The van der Waals surface area contributed by atoms with Gasteiger partial charge in [-0.3, -0.25) is 4.79 Å². The quantitative estimate of drug-likeness (QED) is 0.252. The molecule has 0 radical (unpaired) electrons. The Hall–Kier alpha value is -2.94. The molecule has 0 bridgehead atoms. The van der Waals surface area contributed by atoms with E-state index in [1.807, 2.05) is 25.1 Å². The van der Waals surface area contributed by atoms with Gasteiger partial charge in [0.2, 0.25) is 0 Å². The number of aryl methyl sites for hydroxylation is 1. The van der Waals surface area contributed by atoms with Gasteiger partial charge in [0, 0.05) is 33.6 Å². The van der Waals surface area contributed by atoms with Crippen molar-refractivity contribution in [3.05, 3.63) is 76.5 Å². The molecule has 34 heavy (non-hydrogen) atoms. The minimum absolute atomic E-state index is 0.0709. The van der Waals surface area contributed by atoms with Gasteiger partial charge < -0.3 is 14.4 Å². The third-order valence-corrected chi connectivity index (χ3v) is 8.22. The molecule has 1 N–H and O–H groups in total. The van der Waals surface area contributed by atoms with Gasteiger partial charge in [-0.15, -0.1) is 11.3 Å². The summed E-state index contributed by atoms with van der Waals surface area (Å²) in [5.41, 5.74) is 1.59. The molecule has 1 aromatic heterocycles. The summed E-state index contributed by atoms with van der Waals surface area (Å²) in [5.74, 6) is 0.115. The maximum Gasteiger partial charge on any atom is 0.339 e. The fourth-order valence-corrected chi connectivity index (χ4v) is 5.86. The maximum atomic E-state index is 13.5. The number of fused-ring (bicyclic) bond motifs is 2. The highest BCUT2D eigenvalue weighted by atomic mass is 32.2. The average molecular weight is 497 g/mol. The molecule has 4 rings (SSSR count). The number of nitrogens with zero attached hydrogens (tertiary/aromatic N) is 1. The van der Waals surface area contributed by atoms with E-state index in [0.29, 0.717) is 10.8 Å². The molecule has 0 atom stereocenters. The van der Waals surface area contributed by atoms with Crippen LogP contribution in [-0.4, -0.2) is 39.5 Å². The van der Waals surface area contributed by atoms with Crippen molar-refractivity contribution < 1.29 is 12.6 Å². The van der Waals surface area contributed by atoms with Gasteiger partial charge in [0.15, 0.2) is 5.43 Å². The van der Waals surface area contributed by atoms with Gasteiger partial charge in [-0.25, -0.2) is 0 Å². The van der Waals surface area contributed by atoms with Crippen LogP contribution in [0.2, 0.25) is 0 Å². The summed E-state index contributed by atoms with van der Waals surface area (Å²) in [6, 6.07) is 17.1. The Morgan fingerprint density at radius 3 is 2.41 bits per heavy atom. The summed E-state index contributed by atoms with van der Waals surface area (Å²) in [6.07, 6.45) is 0. The van der Waals surface area contributed by atoms with Gasteiger partial charge in [-0.05, 0) is 62.5 Å². The molecule has 0 saturated heterocycles. The molecule has 4 aromatic rings. The van der Waals surface area contributed by atoms with Crippen molar-refractivity contribution in [2.45, 2.75) is 25.7 Å². The fraction of sp³-hybridized carbons (Fsp3) is 0.269. The fourth-order valence-electron chi connectivity index (χ4n) is 3.85. The van der Waals surface area contributed by atoms with Crippen molar-refractivity contribution in [1.82, 2.24) is 4.90 Å². The summed E-state index contributed by atoms with van der Waals surface area (Å²) in [4.78, 5) is 15.9. The second-order valence-corrected chi connectivity index (χ2v) is 10.7. The minimum atomic E-state index is -4.00. The predicted molar refractivity (Wildman–Crippen MR) is 141 cm³/mol. The zero-order valence-electron chi connectivity index (χ0n) is 19.5. The second-order valence-electron chi connectivity index (χ2n) is 8.07. The van der Waals surface area contributed by atoms with E-state index < -0.39 is 10.1 Å². The van der Waals surface area contributed by atoms with E-state index in [9.17, 15) is 13.2 Å². The van der Waals surface area contributed by atoms with Crippen LogP contribution in [0.4, 0.5) is 5.69 Å². The van der Waals surface area contributed by atoms with Gasteiger partial charge in [0.1, 0.15) is 10.6 Å². The van der Waals surface area contributed by atoms with E-state index in [2.05, 4.69) is 24.1 Å². The van der Waals surface area contributed by atoms with Crippen LogP contribution in [0.3, 0.4) is 0 Å². The first kappa shape index (κ1) is 24.2. The Morgan fingerprint density at radius 2 is 1.71 bits per heavy atom. The van der Waals surface area contributed by atoms with Crippen LogP contribution in [0.1, 0.15) is 19.4 Å². The first-order chi connectivity index (χ1) is 16.3. The molecule has 1 heterocycles. The molecule has 6 nitrogen and oxygen atoms in total. The second kappa shape index (κ2) is 10.1. The number of benzene rings is 3. The topological polar surface area (TPSA) is 75.7 Å². The van der Waals surface area contributed by atoms with Crippen LogP contribution in [-0.2, 0) is 10.1 Å². The van der Waals surface area contributed by atoms with Crippen LogP contribution in [0, 0.1) is 6.92 Å². The van der Waals surface area contributed by atoms with Crippen LogP contribution in [0.5, 0.6) is 5.75 Å². The van der Waals surface area contributed by atoms with E-state index in [-0.39, 0.29) is 16.1 Å². The third kappa shape index (κ3) is 5.09. The van der Waals surface area contributed by atoms with Crippen molar-refractivity contribution in [2.24, 2.45) is 0 Å². The highest BCUT2D eigenvalue weighted by molar-refractivity contribution is 7.87. The van der Waals surface area contributed by atoms with Crippen LogP contribution in [0.25, 0.3) is 20.2 Å². The van der Waals surface area contributed by atoms with E-state index >= 15 is 0 Å². The van der Waals surface area contributed by atoms with Crippen molar-refractivity contribution in [3.63, 3.8) is 0 Å². The van der Waals surface area contributed by atoms with E-state index in [1.54, 1.807) is 24.3 Å². The molecule has 0 saturated carbocycles. The van der Waals surface area contributed by atoms with Crippen LogP contribution < -0.4 is 14.9 Å². The summed E-state index contributed by atoms with van der Waals surface area (Å²) in [7, 11) is -4.00. The first-order valence-corrected chi connectivity index (χ1v) is 13.5. The standard InChI is InChI=1S/C26H28N2O4S2/c1-4-28(5-2)16-15-27-22-7-6-8-24-25(22)26(29)21-17-19(11-14-23(21)33-24)32-34(30,31)20-12-9-18(3)10-13-20/h6-14,17,27H,4-5,15-16H2,1-3H3. The maximum absolute atomic E-state index is 13.5. The molecule has 0 aliphatic carbocycles. The van der Waals surface area contributed by atoms with Crippen LogP contribution >= 0.6 is 11.3 Å². The summed E-state index contributed by atoms with van der Waals surface area (Å²) in [5, 5.41) is 4.46. The zero-order chi connectivity index (χ0) is 24.3. The number of anilines is 1. The third-order valence-electron chi connectivity index (χ3n) is 5.82. The molecule has 0 amide bonds. The molecule has 0 aliphatic heterocycles. The lowest BCUT2D eigenvalue weighted by Crippen LogP contribution is -2.28. The summed E-state index contributed by atoms with van der Waals surface area (Å²) >= 11 is 1.50. The predicted octanol–water partition coefficient (Wildman–Crippen LogP) is 5.24. The molecular weight excluding hydrogens is 468 g/mol. The Labute approximate surface area is 203 Å². The van der Waals surface area contributed by atoms with Gasteiger partial charge in [-0.1, -0.05) is 37.6 Å². The Bertz CT molecular complexity index is 1470. The number of likely N-dealkylation sites (N-methyl/N-ethyl adjacent to an activating group) is 1. The zero-order valence-corrected chi connectivity index (χ0v) is 21.1. The van der Waals surface area contributed by atoms with Crippen molar-refractivity contribution in [3.8, 4) is 5.75 Å². The van der Waals surface area contributed by atoms with E-state index in [0.717, 1.165) is 46.8 Å². The molecule has 178 valence electrons. The van der Waals surface area contributed by atoms with Gasteiger partial charge in [0.25, 0.3) is 0 Å². The molecular formula is C26H28N2O4S2. The minimum Gasteiger partial charge on any atom is -0.383 e. The Balaban J connectivity index is 1.69. The molecule has 0 spiro atoms. The molecule has 3 aromatic carbocycles. The van der Waals surface area contributed by atoms with Crippen LogP contribution in [0.15, 0.2) is 70.4 Å². The largest absolute Gasteiger partial charge is 0.383 e. The van der Waals surface area contributed by atoms with Gasteiger partial charge in [0.05, 0.1) is 5.39 Å². The number of nitrogens with one attached hydrogen (secondary N) is 1. The Morgan fingerprint density at radius 1 is 0.971 bits per heavy atom. The van der Waals surface area contributed by atoms with E-state index in [4.69, 9.17) is 4.18 Å². The van der Waals surface area contributed by atoms with Crippen molar-refractivity contribution in [1.29, 1.82) is 0 Å². The highest BCUT2D eigenvalue weighted by Gasteiger charge is 2.18. The summed E-state index contributed by atoms with van der Waals surface area (Å²) in [6.45, 7) is 9.69.